The number of halogens is 1. The van der Waals surface area contributed by atoms with Crippen molar-refractivity contribution in [2.24, 2.45) is 0 Å². The molecule has 0 bridgehead atoms. The normalized spacial score (nSPS) is 11.3. The first-order chi connectivity index (χ1) is 7.05. The summed E-state index contributed by atoms with van der Waals surface area (Å²) < 4.78 is 37.2. The van der Waals surface area contributed by atoms with Crippen molar-refractivity contribution >= 4 is 15.7 Å². The third-order valence-electron chi connectivity index (χ3n) is 1.77. The number of hydrogen-bond acceptors (Lipinski definition) is 4. The van der Waals surface area contributed by atoms with E-state index in [0.29, 0.717) is 0 Å². The van der Waals surface area contributed by atoms with Crippen molar-refractivity contribution in [1.82, 2.24) is 9.71 Å². The van der Waals surface area contributed by atoms with Gasteiger partial charge in [-0.2, -0.15) is 0 Å². The van der Waals surface area contributed by atoms with Gasteiger partial charge >= 0.3 is 0 Å². The molecule has 0 saturated heterocycles. The SMILES string of the molecule is CNS(=O)(=O)CCNc1ccncc1F. The van der Waals surface area contributed by atoms with E-state index < -0.39 is 15.8 Å². The predicted octanol–water partition coefficient (Wildman–Crippen LogP) is 0.182. The average molecular weight is 233 g/mol. The zero-order valence-corrected chi connectivity index (χ0v) is 9.01. The number of rotatable bonds is 5. The van der Waals surface area contributed by atoms with Gasteiger partial charge in [-0.25, -0.2) is 17.5 Å². The molecule has 0 unspecified atom stereocenters. The first-order valence-electron chi connectivity index (χ1n) is 4.30. The predicted molar refractivity (Wildman–Crippen MR) is 55.5 cm³/mol. The monoisotopic (exact) mass is 233 g/mol. The van der Waals surface area contributed by atoms with Crippen LogP contribution in [0.2, 0.25) is 0 Å². The molecule has 0 spiro atoms. The van der Waals surface area contributed by atoms with Crippen LogP contribution in [0.25, 0.3) is 0 Å². The van der Waals surface area contributed by atoms with E-state index in [4.69, 9.17) is 0 Å². The Morgan fingerprint density at radius 2 is 2.27 bits per heavy atom. The van der Waals surface area contributed by atoms with Crippen LogP contribution >= 0.6 is 0 Å². The maximum atomic E-state index is 13.0. The molecule has 0 aromatic carbocycles. The van der Waals surface area contributed by atoms with Crippen LogP contribution in [0.4, 0.5) is 10.1 Å². The van der Waals surface area contributed by atoms with Crippen LogP contribution in [0.1, 0.15) is 0 Å². The quantitative estimate of drug-likeness (QED) is 0.761. The molecule has 0 amide bonds. The number of pyridine rings is 1. The van der Waals surface area contributed by atoms with Crippen LogP contribution in [-0.4, -0.2) is 32.7 Å². The Kier molecular flexibility index (Phi) is 3.98. The number of sulfonamides is 1. The fourth-order valence-electron chi connectivity index (χ4n) is 0.941. The van der Waals surface area contributed by atoms with Crippen LogP contribution in [0, 0.1) is 5.82 Å². The summed E-state index contributed by atoms with van der Waals surface area (Å²) in [6, 6.07) is 1.45. The lowest BCUT2D eigenvalue weighted by molar-refractivity contribution is 0.588. The molecule has 0 saturated carbocycles. The maximum absolute atomic E-state index is 13.0. The van der Waals surface area contributed by atoms with E-state index in [1.54, 1.807) is 0 Å². The first kappa shape index (κ1) is 11.9. The van der Waals surface area contributed by atoms with Gasteiger partial charge in [-0.3, -0.25) is 4.98 Å². The summed E-state index contributed by atoms with van der Waals surface area (Å²) >= 11 is 0. The Bertz CT molecular complexity index is 422. The van der Waals surface area contributed by atoms with Crippen molar-refractivity contribution in [2.75, 3.05) is 24.7 Å². The lowest BCUT2D eigenvalue weighted by Gasteiger charge is -2.06. The standard InChI is InChI=1S/C8H12FN3O2S/c1-10-15(13,14)5-4-12-8-2-3-11-6-7(8)9/h2-3,6,10H,4-5H2,1H3,(H,11,12). The zero-order chi connectivity index (χ0) is 11.3. The molecule has 1 aromatic heterocycles. The molecule has 0 aliphatic rings. The van der Waals surface area contributed by atoms with Gasteiger partial charge in [0.2, 0.25) is 10.0 Å². The van der Waals surface area contributed by atoms with Crippen LogP contribution in [0.5, 0.6) is 0 Å². The van der Waals surface area contributed by atoms with Gasteiger partial charge in [0.05, 0.1) is 17.6 Å². The summed E-state index contributed by atoms with van der Waals surface area (Å²) in [4.78, 5) is 3.57. The smallest absolute Gasteiger partial charge is 0.213 e. The van der Waals surface area contributed by atoms with E-state index in [1.807, 2.05) is 0 Å². The molecule has 1 heterocycles. The van der Waals surface area contributed by atoms with Crippen LogP contribution in [-0.2, 0) is 10.0 Å². The van der Waals surface area contributed by atoms with E-state index in [1.165, 1.54) is 19.3 Å². The molecule has 1 rings (SSSR count). The van der Waals surface area contributed by atoms with Gasteiger partial charge in [0, 0.05) is 12.7 Å². The van der Waals surface area contributed by atoms with Gasteiger partial charge in [0.15, 0.2) is 5.82 Å². The van der Waals surface area contributed by atoms with Crippen molar-refractivity contribution in [2.45, 2.75) is 0 Å². The summed E-state index contributed by atoms with van der Waals surface area (Å²) in [5.41, 5.74) is 0.247. The van der Waals surface area contributed by atoms with Crippen molar-refractivity contribution in [3.05, 3.63) is 24.3 Å². The Balaban J connectivity index is 2.49. The minimum atomic E-state index is -3.25. The third kappa shape index (κ3) is 3.80. The summed E-state index contributed by atoms with van der Waals surface area (Å²) in [6.07, 6.45) is 2.49. The van der Waals surface area contributed by atoms with E-state index >= 15 is 0 Å². The second kappa shape index (κ2) is 5.04. The lowest BCUT2D eigenvalue weighted by Crippen LogP contribution is -2.26. The molecular formula is C8H12FN3O2S. The molecule has 2 N–H and O–H groups in total. The van der Waals surface area contributed by atoms with Crippen LogP contribution in [0.15, 0.2) is 18.5 Å². The van der Waals surface area contributed by atoms with Crippen molar-refractivity contribution in [1.29, 1.82) is 0 Å². The molecule has 5 nitrogen and oxygen atoms in total. The molecule has 15 heavy (non-hydrogen) atoms. The van der Waals surface area contributed by atoms with E-state index in [0.717, 1.165) is 6.20 Å². The number of hydrogen-bond donors (Lipinski definition) is 2. The number of anilines is 1. The Morgan fingerprint density at radius 3 is 2.87 bits per heavy atom. The van der Waals surface area contributed by atoms with Crippen LogP contribution < -0.4 is 10.0 Å². The Labute approximate surface area is 87.8 Å². The molecule has 0 aliphatic heterocycles. The molecular weight excluding hydrogens is 221 g/mol. The van der Waals surface area contributed by atoms with E-state index in [2.05, 4.69) is 15.0 Å². The average Bonchev–Trinajstić information content (AvgIpc) is 2.21. The molecule has 84 valence electrons. The molecule has 0 radical (unpaired) electrons. The number of aromatic nitrogens is 1. The topological polar surface area (TPSA) is 71.1 Å². The largest absolute Gasteiger partial charge is 0.382 e. The fourth-order valence-corrected chi connectivity index (χ4v) is 1.52. The van der Waals surface area contributed by atoms with E-state index in [-0.39, 0.29) is 18.0 Å². The highest BCUT2D eigenvalue weighted by atomic mass is 32.2. The number of nitrogens with zero attached hydrogens (tertiary/aromatic N) is 1. The van der Waals surface area contributed by atoms with Gasteiger partial charge < -0.3 is 5.32 Å². The second-order valence-corrected chi connectivity index (χ2v) is 4.85. The Morgan fingerprint density at radius 1 is 1.53 bits per heavy atom. The highest BCUT2D eigenvalue weighted by molar-refractivity contribution is 7.89. The first-order valence-corrected chi connectivity index (χ1v) is 5.95. The Hall–Kier alpha value is -1.21. The molecule has 0 aliphatic carbocycles. The summed E-state index contributed by atoms with van der Waals surface area (Å²) in [7, 11) is -1.92. The van der Waals surface area contributed by atoms with Crippen LogP contribution in [0.3, 0.4) is 0 Å². The minimum Gasteiger partial charge on any atom is -0.382 e. The maximum Gasteiger partial charge on any atom is 0.213 e. The van der Waals surface area contributed by atoms with Gasteiger partial charge in [-0.15, -0.1) is 0 Å². The highest BCUT2D eigenvalue weighted by Gasteiger charge is 2.06. The number of nitrogens with one attached hydrogen (secondary N) is 2. The third-order valence-corrected chi connectivity index (χ3v) is 3.13. The summed E-state index contributed by atoms with van der Waals surface area (Å²) in [5.74, 6) is -0.606. The molecule has 0 fully saturated rings. The van der Waals surface area contributed by atoms with Gasteiger partial charge in [-0.1, -0.05) is 0 Å². The summed E-state index contributed by atoms with van der Waals surface area (Å²) in [6.45, 7) is 0.143. The van der Waals surface area contributed by atoms with Crippen molar-refractivity contribution in [3.8, 4) is 0 Å². The highest BCUT2D eigenvalue weighted by Crippen LogP contribution is 2.09. The van der Waals surface area contributed by atoms with Gasteiger partial charge in [-0.05, 0) is 13.1 Å². The lowest BCUT2D eigenvalue weighted by atomic mass is 10.4. The summed E-state index contributed by atoms with van der Waals surface area (Å²) in [5, 5.41) is 2.67. The minimum absolute atomic E-state index is 0.106. The van der Waals surface area contributed by atoms with Crippen molar-refractivity contribution < 1.29 is 12.8 Å². The van der Waals surface area contributed by atoms with E-state index in [9.17, 15) is 12.8 Å². The molecule has 7 heteroatoms. The van der Waals surface area contributed by atoms with Gasteiger partial charge in [0.25, 0.3) is 0 Å². The fraction of sp³-hybridized carbons (Fsp3) is 0.375. The molecule has 1 aromatic rings. The van der Waals surface area contributed by atoms with Gasteiger partial charge in [0.1, 0.15) is 0 Å². The van der Waals surface area contributed by atoms with Crippen molar-refractivity contribution in [3.63, 3.8) is 0 Å². The zero-order valence-electron chi connectivity index (χ0n) is 8.20. The molecule has 0 atom stereocenters. The second-order valence-electron chi connectivity index (χ2n) is 2.81.